The first-order valence-corrected chi connectivity index (χ1v) is 5.07. The molecular formula is C6H13NO3S. The summed E-state index contributed by atoms with van der Waals surface area (Å²) < 4.78 is 22.2. The molecule has 0 aliphatic heterocycles. The van der Waals surface area contributed by atoms with E-state index >= 15 is 0 Å². The fraction of sp³-hybridized carbons (Fsp3) is 0.833. The molecule has 0 aromatic heterocycles. The summed E-state index contributed by atoms with van der Waals surface area (Å²) in [5, 5.41) is 10.4. The van der Waals surface area contributed by atoms with E-state index in [9.17, 15) is 8.42 Å². The molecule has 0 radical (unpaired) electrons. The number of nitrogens with zero attached hydrogens (tertiary/aromatic N) is 1. The summed E-state index contributed by atoms with van der Waals surface area (Å²) in [5.74, 6) is 0.0705. The van der Waals surface area contributed by atoms with E-state index in [-0.39, 0.29) is 11.5 Å². The van der Waals surface area contributed by atoms with Crippen LogP contribution in [0.4, 0.5) is 0 Å². The van der Waals surface area contributed by atoms with E-state index in [0.29, 0.717) is 0 Å². The number of hydrogen-bond acceptors (Lipinski definition) is 4. The van der Waals surface area contributed by atoms with Gasteiger partial charge in [0.2, 0.25) is 0 Å². The highest BCUT2D eigenvalue weighted by Crippen LogP contribution is 2.03. The minimum absolute atomic E-state index is 0.0705. The van der Waals surface area contributed by atoms with Crippen molar-refractivity contribution in [1.82, 2.24) is 0 Å². The summed E-state index contributed by atoms with van der Waals surface area (Å²) in [6.07, 6.45) is 0. The first-order valence-electron chi connectivity index (χ1n) is 3.35. The fourth-order valence-corrected chi connectivity index (χ4v) is 1.66. The Balaban J connectivity index is 4.64. The molecule has 0 aromatic rings. The van der Waals surface area contributed by atoms with Crippen molar-refractivity contribution < 1.29 is 13.6 Å². The topological polar surface area (TPSA) is 66.7 Å². The van der Waals surface area contributed by atoms with Crippen molar-refractivity contribution in [3.8, 4) is 0 Å². The number of oxime groups is 1. The van der Waals surface area contributed by atoms with Gasteiger partial charge in [0.1, 0.15) is 0 Å². The Bertz CT molecular complexity index is 243. The Labute approximate surface area is 66.8 Å². The van der Waals surface area contributed by atoms with Crippen molar-refractivity contribution in [1.29, 1.82) is 0 Å². The van der Waals surface area contributed by atoms with Gasteiger partial charge in [-0.2, -0.15) is 0 Å². The van der Waals surface area contributed by atoms with Crippen LogP contribution in [-0.4, -0.2) is 30.3 Å². The lowest BCUT2D eigenvalue weighted by Crippen LogP contribution is -2.26. The highest BCUT2D eigenvalue weighted by Gasteiger charge is 2.21. The van der Waals surface area contributed by atoms with Gasteiger partial charge in [0, 0.05) is 5.75 Å². The van der Waals surface area contributed by atoms with Crippen LogP contribution in [0.2, 0.25) is 0 Å². The molecule has 0 spiro atoms. The minimum Gasteiger partial charge on any atom is -0.411 e. The van der Waals surface area contributed by atoms with Gasteiger partial charge in [0.15, 0.2) is 9.84 Å². The van der Waals surface area contributed by atoms with Crippen LogP contribution < -0.4 is 0 Å². The SMILES string of the molecule is CCS(=O)(=O)[C@@H](C)/C(C)=N\O. The van der Waals surface area contributed by atoms with E-state index in [4.69, 9.17) is 5.21 Å². The maximum atomic E-state index is 11.1. The Kier molecular flexibility index (Phi) is 3.51. The van der Waals surface area contributed by atoms with Crippen LogP contribution in [0.1, 0.15) is 20.8 Å². The molecule has 0 amide bonds. The molecule has 1 atom stereocenters. The second-order valence-electron chi connectivity index (χ2n) is 2.34. The van der Waals surface area contributed by atoms with Crippen molar-refractivity contribution in [3.05, 3.63) is 0 Å². The lowest BCUT2D eigenvalue weighted by atomic mass is 10.3. The van der Waals surface area contributed by atoms with Crippen LogP contribution in [0.25, 0.3) is 0 Å². The van der Waals surface area contributed by atoms with Gasteiger partial charge in [-0.3, -0.25) is 0 Å². The van der Waals surface area contributed by atoms with Crippen molar-refractivity contribution >= 4 is 15.5 Å². The molecule has 66 valence electrons. The summed E-state index contributed by atoms with van der Waals surface area (Å²) >= 11 is 0. The molecule has 0 unspecified atom stereocenters. The second-order valence-corrected chi connectivity index (χ2v) is 4.95. The normalized spacial score (nSPS) is 16.5. The monoisotopic (exact) mass is 179 g/mol. The van der Waals surface area contributed by atoms with E-state index in [1.165, 1.54) is 13.8 Å². The van der Waals surface area contributed by atoms with Crippen molar-refractivity contribution in [3.63, 3.8) is 0 Å². The van der Waals surface area contributed by atoms with Gasteiger partial charge in [0.25, 0.3) is 0 Å². The van der Waals surface area contributed by atoms with Gasteiger partial charge in [-0.05, 0) is 13.8 Å². The molecule has 0 heterocycles. The molecule has 1 N–H and O–H groups in total. The Hall–Kier alpha value is -0.580. The third-order valence-electron chi connectivity index (χ3n) is 1.69. The third-order valence-corrected chi connectivity index (χ3v) is 3.91. The zero-order chi connectivity index (χ0) is 9.07. The van der Waals surface area contributed by atoms with Crippen molar-refractivity contribution in [2.75, 3.05) is 5.75 Å². The van der Waals surface area contributed by atoms with Crippen LogP contribution in [-0.2, 0) is 9.84 Å². The predicted molar refractivity (Wildman–Crippen MR) is 43.8 cm³/mol. The zero-order valence-electron chi connectivity index (χ0n) is 6.90. The minimum atomic E-state index is -3.10. The molecule has 0 aliphatic carbocycles. The van der Waals surface area contributed by atoms with Gasteiger partial charge in [-0.25, -0.2) is 8.42 Å². The van der Waals surface area contributed by atoms with Crippen LogP contribution in [0.15, 0.2) is 5.16 Å². The van der Waals surface area contributed by atoms with E-state index in [1.54, 1.807) is 6.92 Å². The zero-order valence-corrected chi connectivity index (χ0v) is 7.72. The van der Waals surface area contributed by atoms with Gasteiger partial charge in [-0.15, -0.1) is 0 Å². The van der Waals surface area contributed by atoms with Gasteiger partial charge >= 0.3 is 0 Å². The van der Waals surface area contributed by atoms with Crippen molar-refractivity contribution in [2.24, 2.45) is 5.16 Å². The lowest BCUT2D eigenvalue weighted by Gasteiger charge is -2.08. The van der Waals surface area contributed by atoms with Crippen LogP contribution in [0, 0.1) is 0 Å². The fourth-order valence-electron chi connectivity index (χ4n) is 0.591. The smallest absolute Gasteiger partial charge is 0.158 e. The van der Waals surface area contributed by atoms with E-state index in [1.807, 2.05) is 0 Å². The average Bonchev–Trinajstić information content (AvgIpc) is 2.01. The van der Waals surface area contributed by atoms with Crippen molar-refractivity contribution in [2.45, 2.75) is 26.0 Å². The van der Waals surface area contributed by atoms with Gasteiger partial charge in [-0.1, -0.05) is 12.1 Å². The first kappa shape index (κ1) is 10.4. The molecule has 0 aliphatic rings. The summed E-state index contributed by atoms with van der Waals surface area (Å²) in [6.45, 7) is 4.56. The maximum Gasteiger partial charge on any atom is 0.158 e. The van der Waals surface area contributed by atoms with Gasteiger partial charge < -0.3 is 5.21 Å². The highest BCUT2D eigenvalue weighted by molar-refractivity contribution is 7.92. The first-order chi connectivity index (χ1) is 4.95. The van der Waals surface area contributed by atoms with Crippen LogP contribution >= 0.6 is 0 Å². The summed E-state index contributed by atoms with van der Waals surface area (Å²) in [7, 11) is -3.10. The molecule has 0 rings (SSSR count). The maximum absolute atomic E-state index is 11.1. The van der Waals surface area contributed by atoms with Gasteiger partial charge in [0.05, 0.1) is 11.0 Å². The van der Waals surface area contributed by atoms with Crippen LogP contribution in [0.3, 0.4) is 0 Å². The Morgan fingerprint density at radius 3 is 2.36 bits per heavy atom. The predicted octanol–water partition coefficient (Wildman–Crippen LogP) is 0.660. The molecule has 0 saturated heterocycles. The lowest BCUT2D eigenvalue weighted by molar-refractivity contribution is 0.317. The summed E-state index contributed by atoms with van der Waals surface area (Å²) in [5.41, 5.74) is 0.229. The molecule has 0 fully saturated rings. The molecule has 11 heavy (non-hydrogen) atoms. The van der Waals surface area contributed by atoms with Crippen LogP contribution in [0.5, 0.6) is 0 Å². The molecule has 0 saturated carbocycles. The third kappa shape index (κ3) is 2.49. The largest absolute Gasteiger partial charge is 0.411 e. The molecule has 0 aromatic carbocycles. The number of hydrogen-bond donors (Lipinski definition) is 1. The molecule has 0 bridgehead atoms. The molecular weight excluding hydrogens is 166 g/mol. The molecule has 5 heteroatoms. The number of rotatable bonds is 3. The Morgan fingerprint density at radius 1 is 1.64 bits per heavy atom. The molecule has 4 nitrogen and oxygen atoms in total. The quantitative estimate of drug-likeness (QED) is 0.393. The number of sulfone groups is 1. The average molecular weight is 179 g/mol. The van der Waals surface area contributed by atoms with E-state index < -0.39 is 15.1 Å². The van der Waals surface area contributed by atoms with E-state index in [0.717, 1.165) is 0 Å². The summed E-state index contributed by atoms with van der Waals surface area (Å²) in [6, 6.07) is 0. The summed E-state index contributed by atoms with van der Waals surface area (Å²) in [4.78, 5) is 0. The Morgan fingerprint density at radius 2 is 2.09 bits per heavy atom. The van der Waals surface area contributed by atoms with E-state index in [2.05, 4.69) is 5.16 Å². The second kappa shape index (κ2) is 3.71. The standard InChI is InChI=1S/C6H13NO3S/c1-4-11(9,10)6(3)5(2)7-8/h6,8H,4H2,1-3H3/b7-5-/t6-/m0/s1. The highest BCUT2D eigenvalue weighted by atomic mass is 32.2.